The van der Waals surface area contributed by atoms with Crippen molar-refractivity contribution in [1.82, 2.24) is 10.6 Å². The van der Waals surface area contributed by atoms with Crippen molar-refractivity contribution in [2.24, 2.45) is 16.5 Å². The molecular weight excluding hydrogens is 342 g/mol. The van der Waals surface area contributed by atoms with Gasteiger partial charge in [0.05, 0.1) is 18.6 Å². The Labute approximate surface area is 158 Å². The summed E-state index contributed by atoms with van der Waals surface area (Å²) in [5, 5.41) is 5.57. The Balaban J connectivity index is 2.02. The third-order valence-electron chi connectivity index (χ3n) is 3.48. The number of aliphatic imine (C=N–C) groups is 1. The average Bonchev–Trinajstić information content (AvgIpc) is 2.66. The standard InChI is InChI=1S/C20H23N5O2/c1-14(21)23-10-9-19(22)25-17-7-4-6-16(12-17)20(26)24-13-15-5-3-8-18(11-15)27-2/h3-12,23H,1,13,21H2,2H3,(H2,22,25)(H,24,26). The number of ether oxygens (including phenoxy) is 1. The van der Waals surface area contributed by atoms with Gasteiger partial charge in [0.1, 0.15) is 11.6 Å². The van der Waals surface area contributed by atoms with Gasteiger partial charge in [-0.25, -0.2) is 4.99 Å². The van der Waals surface area contributed by atoms with Crippen LogP contribution >= 0.6 is 0 Å². The molecule has 0 unspecified atom stereocenters. The Kier molecular flexibility index (Phi) is 7.01. The number of nitrogens with zero attached hydrogens (tertiary/aromatic N) is 1. The Morgan fingerprint density at radius 2 is 2.00 bits per heavy atom. The van der Waals surface area contributed by atoms with Crippen LogP contribution in [-0.4, -0.2) is 18.9 Å². The zero-order valence-corrected chi connectivity index (χ0v) is 15.1. The molecule has 0 aliphatic rings. The van der Waals surface area contributed by atoms with Crippen LogP contribution in [0.4, 0.5) is 5.69 Å². The first kappa shape index (κ1) is 19.6. The van der Waals surface area contributed by atoms with Crippen molar-refractivity contribution in [3.8, 4) is 5.75 Å². The molecule has 0 fully saturated rings. The molecule has 7 heteroatoms. The lowest BCUT2D eigenvalue weighted by Gasteiger charge is -2.07. The van der Waals surface area contributed by atoms with Gasteiger partial charge in [-0.3, -0.25) is 4.79 Å². The Morgan fingerprint density at radius 3 is 2.74 bits per heavy atom. The first-order chi connectivity index (χ1) is 13.0. The molecule has 1 amide bonds. The smallest absolute Gasteiger partial charge is 0.251 e. The van der Waals surface area contributed by atoms with Crippen molar-refractivity contribution >= 4 is 17.4 Å². The van der Waals surface area contributed by atoms with Crippen molar-refractivity contribution in [3.63, 3.8) is 0 Å². The quantitative estimate of drug-likeness (QED) is 0.423. The number of hydrogen-bond acceptors (Lipinski definition) is 5. The molecule has 0 bridgehead atoms. The highest BCUT2D eigenvalue weighted by atomic mass is 16.5. The number of amidine groups is 1. The van der Waals surface area contributed by atoms with E-state index in [1.54, 1.807) is 37.5 Å². The van der Waals surface area contributed by atoms with Gasteiger partial charge < -0.3 is 26.8 Å². The maximum atomic E-state index is 12.4. The highest BCUT2D eigenvalue weighted by Crippen LogP contribution is 2.15. The zero-order valence-electron chi connectivity index (χ0n) is 15.1. The van der Waals surface area contributed by atoms with E-state index >= 15 is 0 Å². The van der Waals surface area contributed by atoms with E-state index in [0.29, 0.717) is 23.6 Å². The minimum Gasteiger partial charge on any atom is -0.497 e. The molecule has 140 valence electrons. The molecule has 2 aromatic rings. The number of hydrogen-bond donors (Lipinski definition) is 4. The lowest BCUT2D eigenvalue weighted by molar-refractivity contribution is 0.0951. The van der Waals surface area contributed by atoms with Gasteiger partial charge in [0, 0.05) is 18.3 Å². The molecule has 0 radical (unpaired) electrons. The summed E-state index contributed by atoms with van der Waals surface area (Å²) in [7, 11) is 1.60. The van der Waals surface area contributed by atoms with Crippen LogP contribution in [0.15, 0.2) is 78.2 Å². The first-order valence-corrected chi connectivity index (χ1v) is 8.21. The number of carbonyl (C=O) groups excluding carboxylic acids is 1. The number of benzene rings is 2. The summed E-state index contributed by atoms with van der Waals surface area (Å²) in [5.41, 5.74) is 13.2. The van der Waals surface area contributed by atoms with Gasteiger partial charge in [0.25, 0.3) is 5.91 Å². The number of amides is 1. The third-order valence-corrected chi connectivity index (χ3v) is 3.48. The molecule has 0 heterocycles. The van der Waals surface area contributed by atoms with Crippen LogP contribution in [-0.2, 0) is 6.54 Å². The number of nitrogens with one attached hydrogen (secondary N) is 2. The second-order valence-corrected chi connectivity index (χ2v) is 5.62. The summed E-state index contributed by atoms with van der Waals surface area (Å²) >= 11 is 0. The molecule has 0 aliphatic heterocycles. The van der Waals surface area contributed by atoms with Crippen molar-refractivity contribution in [2.45, 2.75) is 6.54 Å². The summed E-state index contributed by atoms with van der Waals surface area (Å²) in [6.07, 6.45) is 3.08. The molecular formula is C20H23N5O2. The molecule has 27 heavy (non-hydrogen) atoms. The molecule has 0 saturated carbocycles. The summed E-state index contributed by atoms with van der Waals surface area (Å²) in [4.78, 5) is 16.6. The number of rotatable bonds is 8. The van der Waals surface area contributed by atoms with Gasteiger partial charge in [-0.05, 0) is 42.0 Å². The Bertz CT molecular complexity index is 874. The maximum Gasteiger partial charge on any atom is 0.251 e. The zero-order chi connectivity index (χ0) is 19.6. The molecule has 0 aromatic heterocycles. The van der Waals surface area contributed by atoms with Gasteiger partial charge in [0.2, 0.25) is 0 Å². The highest BCUT2D eigenvalue weighted by Gasteiger charge is 2.06. The van der Waals surface area contributed by atoms with E-state index in [1.165, 1.54) is 6.20 Å². The minimum absolute atomic E-state index is 0.204. The van der Waals surface area contributed by atoms with Gasteiger partial charge in [-0.1, -0.05) is 24.8 Å². The number of carbonyl (C=O) groups is 1. The van der Waals surface area contributed by atoms with Crippen molar-refractivity contribution < 1.29 is 9.53 Å². The van der Waals surface area contributed by atoms with E-state index in [0.717, 1.165) is 11.3 Å². The fourth-order valence-electron chi connectivity index (χ4n) is 2.20. The average molecular weight is 365 g/mol. The van der Waals surface area contributed by atoms with Crippen LogP contribution in [0, 0.1) is 0 Å². The van der Waals surface area contributed by atoms with Crippen molar-refractivity contribution in [2.75, 3.05) is 7.11 Å². The minimum atomic E-state index is -0.204. The van der Waals surface area contributed by atoms with Crippen LogP contribution in [0.5, 0.6) is 5.75 Å². The van der Waals surface area contributed by atoms with Crippen molar-refractivity contribution in [1.29, 1.82) is 0 Å². The monoisotopic (exact) mass is 365 g/mol. The summed E-state index contributed by atoms with van der Waals surface area (Å²) in [6.45, 7) is 3.89. The molecule has 2 rings (SSSR count). The Hall–Kier alpha value is -3.74. The lowest BCUT2D eigenvalue weighted by atomic mass is 10.1. The molecule has 0 atom stereocenters. The summed E-state index contributed by atoms with van der Waals surface area (Å²) in [6, 6.07) is 14.4. The predicted molar refractivity (Wildman–Crippen MR) is 107 cm³/mol. The lowest BCUT2D eigenvalue weighted by Crippen LogP contribution is -2.22. The maximum absolute atomic E-state index is 12.4. The van der Waals surface area contributed by atoms with E-state index < -0.39 is 0 Å². The molecule has 0 aliphatic carbocycles. The normalized spacial score (nSPS) is 11.2. The molecule has 2 aromatic carbocycles. The van der Waals surface area contributed by atoms with Crippen LogP contribution in [0.1, 0.15) is 15.9 Å². The predicted octanol–water partition coefficient (Wildman–Crippen LogP) is 2.15. The van der Waals surface area contributed by atoms with E-state index in [9.17, 15) is 4.79 Å². The van der Waals surface area contributed by atoms with Gasteiger partial charge in [0.15, 0.2) is 0 Å². The number of nitrogens with two attached hydrogens (primary N) is 2. The molecule has 6 N–H and O–H groups in total. The molecule has 0 saturated heterocycles. The molecule has 0 spiro atoms. The molecule has 7 nitrogen and oxygen atoms in total. The van der Waals surface area contributed by atoms with E-state index in [2.05, 4.69) is 22.2 Å². The summed E-state index contributed by atoms with van der Waals surface area (Å²) < 4.78 is 5.18. The van der Waals surface area contributed by atoms with E-state index in [1.807, 2.05) is 24.3 Å². The van der Waals surface area contributed by atoms with Gasteiger partial charge in [-0.2, -0.15) is 0 Å². The van der Waals surface area contributed by atoms with Crippen LogP contribution in [0.25, 0.3) is 0 Å². The first-order valence-electron chi connectivity index (χ1n) is 8.21. The Morgan fingerprint density at radius 1 is 1.22 bits per heavy atom. The van der Waals surface area contributed by atoms with Gasteiger partial charge >= 0.3 is 0 Å². The second kappa shape index (κ2) is 9.67. The SMILES string of the molecule is C=C(N)NC=CC(N)=Nc1cccc(C(=O)NCc2cccc(OC)c2)c1. The van der Waals surface area contributed by atoms with Crippen LogP contribution in [0.2, 0.25) is 0 Å². The van der Waals surface area contributed by atoms with Crippen LogP contribution < -0.4 is 26.8 Å². The highest BCUT2D eigenvalue weighted by molar-refractivity contribution is 5.96. The van der Waals surface area contributed by atoms with Gasteiger partial charge in [-0.15, -0.1) is 0 Å². The van der Waals surface area contributed by atoms with Crippen molar-refractivity contribution in [3.05, 3.63) is 84.3 Å². The number of methoxy groups -OCH3 is 1. The fourth-order valence-corrected chi connectivity index (χ4v) is 2.20. The van der Waals surface area contributed by atoms with E-state index in [4.69, 9.17) is 16.2 Å². The second-order valence-electron chi connectivity index (χ2n) is 5.62. The fraction of sp³-hybridized carbons (Fsp3) is 0.100. The largest absolute Gasteiger partial charge is 0.497 e. The third kappa shape index (κ3) is 6.58. The van der Waals surface area contributed by atoms with Crippen LogP contribution in [0.3, 0.4) is 0 Å². The van der Waals surface area contributed by atoms with E-state index in [-0.39, 0.29) is 11.7 Å². The summed E-state index contributed by atoms with van der Waals surface area (Å²) in [5.74, 6) is 1.10. The topological polar surface area (TPSA) is 115 Å².